The summed E-state index contributed by atoms with van der Waals surface area (Å²) in [6.45, 7) is 3.95. The lowest BCUT2D eigenvalue weighted by atomic mass is 10.2. The number of amides is 1. The molecule has 3 aromatic rings. The van der Waals surface area contributed by atoms with Crippen LogP contribution in [0.3, 0.4) is 0 Å². The van der Waals surface area contributed by atoms with E-state index in [9.17, 15) is 13.2 Å². The van der Waals surface area contributed by atoms with Gasteiger partial charge in [-0.3, -0.25) is 4.79 Å². The average molecular weight is 431 g/mol. The highest BCUT2D eigenvalue weighted by molar-refractivity contribution is 7.90. The average Bonchev–Trinajstić information content (AvgIpc) is 3.11. The summed E-state index contributed by atoms with van der Waals surface area (Å²) >= 11 is 1.61. The van der Waals surface area contributed by atoms with Gasteiger partial charge in [-0.25, -0.2) is 13.4 Å². The molecular weight excluding hydrogens is 408 g/mol. The van der Waals surface area contributed by atoms with E-state index in [0.29, 0.717) is 11.3 Å². The predicted molar refractivity (Wildman–Crippen MR) is 117 cm³/mol. The van der Waals surface area contributed by atoms with Crippen molar-refractivity contribution in [3.8, 4) is 0 Å². The number of benzene rings is 2. The zero-order valence-electron chi connectivity index (χ0n) is 16.3. The molecule has 4 rings (SSSR count). The zero-order chi connectivity index (χ0) is 20.6. The van der Waals surface area contributed by atoms with E-state index in [2.05, 4.69) is 22.2 Å². The summed E-state index contributed by atoms with van der Waals surface area (Å²) in [6, 6.07) is 11.7. The number of nitrogens with zero attached hydrogens (tertiary/aromatic N) is 3. The van der Waals surface area contributed by atoms with Crippen molar-refractivity contribution < 1.29 is 13.2 Å². The first-order valence-electron chi connectivity index (χ1n) is 9.25. The second-order valence-corrected chi connectivity index (χ2v) is 10.2. The van der Waals surface area contributed by atoms with Crippen molar-refractivity contribution in [1.82, 2.24) is 9.88 Å². The van der Waals surface area contributed by atoms with Crippen LogP contribution in [0, 0.1) is 0 Å². The Balaban J connectivity index is 1.53. The number of hydrogen-bond donors (Lipinski definition) is 1. The van der Waals surface area contributed by atoms with E-state index in [4.69, 9.17) is 4.98 Å². The first-order chi connectivity index (χ1) is 13.8. The Bertz CT molecular complexity index is 1170. The summed E-state index contributed by atoms with van der Waals surface area (Å²) in [6.07, 6.45) is 1.12. The van der Waals surface area contributed by atoms with Gasteiger partial charge in [-0.1, -0.05) is 17.4 Å². The third-order valence-electron chi connectivity index (χ3n) is 4.93. The van der Waals surface area contributed by atoms with E-state index in [1.54, 1.807) is 23.5 Å². The van der Waals surface area contributed by atoms with E-state index in [0.717, 1.165) is 47.8 Å². The lowest BCUT2D eigenvalue weighted by Gasteiger charge is -2.31. The number of rotatable bonds is 4. The van der Waals surface area contributed by atoms with Crippen molar-refractivity contribution in [3.63, 3.8) is 0 Å². The van der Waals surface area contributed by atoms with E-state index in [-0.39, 0.29) is 10.8 Å². The third-order valence-corrected chi connectivity index (χ3v) is 7.12. The van der Waals surface area contributed by atoms with Crippen LogP contribution in [0.2, 0.25) is 0 Å². The largest absolute Gasteiger partial charge is 0.345 e. The number of carbonyl (C=O) groups excluding carboxylic acids is 1. The topological polar surface area (TPSA) is 82.6 Å². The lowest BCUT2D eigenvalue weighted by molar-refractivity contribution is 0.102. The van der Waals surface area contributed by atoms with E-state index in [1.807, 2.05) is 18.2 Å². The summed E-state index contributed by atoms with van der Waals surface area (Å²) in [5.74, 6) is -0.348. The van der Waals surface area contributed by atoms with Crippen molar-refractivity contribution in [2.45, 2.75) is 4.90 Å². The molecule has 0 unspecified atom stereocenters. The summed E-state index contributed by atoms with van der Waals surface area (Å²) in [5.41, 5.74) is 1.86. The van der Waals surface area contributed by atoms with Gasteiger partial charge in [-0.05, 0) is 43.4 Å². The molecule has 0 atom stereocenters. The Kier molecular flexibility index (Phi) is 5.28. The lowest BCUT2D eigenvalue weighted by Crippen LogP contribution is -2.44. The van der Waals surface area contributed by atoms with Gasteiger partial charge in [0.15, 0.2) is 15.0 Å². The second kappa shape index (κ2) is 7.74. The van der Waals surface area contributed by atoms with Crippen LogP contribution < -0.4 is 10.2 Å². The Morgan fingerprint density at radius 3 is 2.59 bits per heavy atom. The maximum absolute atomic E-state index is 12.6. The Morgan fingerprint density at radius 2 is 1.86 bits per heavy atom. The van der Waals surface area contributed by atoms with Crippen molar-refractivity contribution in [1.29, 1.82) is 0 Å². The normalized spacial score (nSPS) is 15.6. The summed E-state index contributed by atoms with van der Waals surface area (Å²) in [7, 11) is -1.24. The van der Waals surface area contributed by atoms with Gasteiger partial charge in [0.2, 0.25) is 0 Å². The molecule has 1 N–H and O–H groups in total. The Labute approximate surface area is 173 Å². The van der Waals surface area contributed by atoms with Crippen LogP contribution >= 0.6 is 11.3 Å². The van der Waals surface area contributed by atoms with Gasteiger partial charge in [0.1, 0.15) is 0 Å². The van der Waals surface area contributed by atoms with Gasteiger partial charge in [-0.2, -0.15) is 0 Å². The molecule has 2 heterocycles. The van der Waals surface area contributed by atoms with E-state index >= 15 is 0 Å². The summed E-state index contributed by atoms with van der Waals surface area (Å²) in [5, 5.41) is 3.85. The van der Waals surface area contributed by atoms with Crippen molar-refractivity contribution >= 4 is 48.1 Å². The van der Waals surface area contributed by atoms with Gasteiger partial charge in [0, 0.05) is 43.7 Å². The fourth-order valence-electron chi connectivity index (χ4n) is 3.19. The second-order valence-electron chi connectivity index (χ2n) is 7.22. The molecule has 1 aliphatic heterocycles. The first-order valence-corrected chi connectivity index (χ1v) is 12.0. The molecule has 0 bridgehead atoms. The Hall–Kier alpha value is -2.49. The number of carbonyl (C=O) groups is 1. The van der Waals surface area contributed by atoms with Crippen molar-refractivity contribution in [2.75, 3.05) is 49.7 Å². The molecule has 1 saturated heterocycles. The van der Waals surface area contributed by atoms with Gasteiger partial charge in [0.25, 0.3) is 5.91 Å². The molecule has 1 aliphatic rings. The number of likely N-dealkylation sites (N-methyl/N-ethyl adjacent to an activating group) is 1. The molecule has 29 heavy (non-hydrogen) atoms. The molecule has 1 amide bonds. The first kappa shape index (κ1) is 19.8. The quantitative estimate of drug-likeness (QED) is 0.685. The number of thiazole rings is 1. The number of anilines is 2. The molecule has 0 aliphatic carbocycles. The molecule has 0 radical (unpaired) electrons. The van der Waals surface area contributed by atoms with Crippen LogP contribution in [0.4, 0.5) is 10.8 Å². The monoisotopic (exact) mass is 430 g/mol. The van der Waals surface area contributed by atoms with Crippen LogP contribution in [-0.2, 0) is 9.84 Å². The Morgan fingerprint density at radius 1 is 1.10 bits per heavy atom. The summed E-state index contributed by atoms with van der Waals surface area (Å²) in [4.78, 5) is 22.0. The van der Waals surface area contributed by atoms with Crippen LogP contribution in [0.25, 0.3) is 10.2 Å². The van der Waals surface area contributed by atoms with Gasteiger partial charge < -0.3 is 15.1 Å². The van der Waals surface area contributed by atoms with Gasteiger partial charge in [-0.15, -0.1) is 0 Å². The highest BCUT2D eigenvalue weighted by atomic mass is 32.2. The molecule has 7 nitrogen and oxygen atoms in total. The minimum absolute atomic E-state index is 0.125. The molecule has 2 aromatic carbocycles. The number of nitrogens with one attached hydrogen (secondary N) is 1. The summed E-state index contributed by atoms with van der Waals surface area (Å²) < 4.78 is 24.4. The van der Waals surface area contributed by atoms with Crippen molar-refractivity contribution in [2.24, 2.45) is 0 Å². The number of piperazine rings is 1. The minimum atomic E-state index is -3.37. The third kappa shape index (κ3) is 4.42. The van der Waals surface area contributed by atoms with Gasteiger partial charge >= 0.3 is 0 Å². The van der Waals surface area contributed by atoms with E-state index < -0.39 is 9.84 Å². The van der Waals surface area contributed by atoms with Crippen molar-refractivity contribution in [3.05, 3.63) is 48.0 Å². The van der Waals surface area contributed by atoms with Gasteiger partial charge in [0.05, 0.1) is 15.1 Å². The van der Waals surface area contributed by atoms with Crippen LogP contribution in [-0.4, -0.2) is 63.7 Å². The predicted octanol–water partition coefficient (Wildman–Crippen LogP) is 2.70. The van der Waals surface area contributed by atoms with Crippen LogP contribution in [0.15, 0.2) is 47.4 Å². The van der Waals surface area contributed by atoms with E-state index in [1.165, 1.54) is 12.1 Å². The van der Waals surface area contributed by atoms with Crippen LogP contribution in [0.5, 0.6) is 0 Å². The molecule has 1 fully saturated rings. The zero-order valence-corrected chi connectivity index (χ0v) is 17.9. The number of sulfone groups is 1. The fourth-order valence-corrected chi connectivity index (χ4v) is 4.92. The molecule has 1 aromatic heterocycles. The standard InChI is InChI=1S/C20H22N4O3S2/c1-23-8-10-24(11-9-23)20-22-17-7-6-15(13-18(17)28-20)21-19(25)14-4-3-5-16(12-14)29(2,26)27/h3-7,12-13H,8-11H2,1-2H3,(H,21,25). The maximum atomic E-state index is 12.6. The minimum Gasteiger partial charge on any atom is -0.345 e. The SMILES string of the molecule is CN1CCN(c2nc3ccc(NC(=O)c4cccc(S(C)(=O)=O)c4)cc3s2)CC1. The molecular formula is C20H22N4O3S2. The molecule has 152 valence electrons. The fraction of sp³-hybridized carbons (Fsp3) is 0.300. The number of fused-ring (bicyclic) bond motifs is 1. The maximum Gasteiger partial charge on any atom is 0.255 e. The molecule has 0 spiro atoms. The highest BCUT2D eigenvalue weighted by Crippen LogP contribution is 2.31. The van der Waals surface area contributed by atoms with Crippen LogP contribution in [0.1, 0.15) is 10.4 Å². The highest BCUT2D eigenvalue weighted by Gasteiger charge is 2.18. The number of hydrogen-bond acceptors (Lipinski definition) is 7. The molecule has 0 saturated carbocycles. The molecule has 9 heteroatoms. The number of aromatic nitrogens is 1. The smallest absolute Gasteiger partial charge is 0.255 e.